The highest BCUT2D eigenvalue weighted by molar-refractivity contribution is 6.31. The van der Waals surface area contributed by atoms with Crippen molar-refractivity contribution in [2.24, 2.45) is 23.2 Å². The summed E-state index contributed by atoms with van der Waals surface area (Å²) in [7, 11) is 0. The smallest absolute Gasteiger partial charge is 0.0849 e. The highest BCUT2D eigenvalue weighted by atomic mass is 35.5. The van der Waals surface area contributed by atoms with Gasteiger partial charge >= 0.3 is 0 Å². The molecule has 21 heavy (non-hydrogen) atoms. The van der Waals surface area contributed by atoms with Gasteiger partial charge < -0.3 is 5.11 Å². The molecule has 0 spiro atoms. The number of hydrogen-bond donors (Lipinski definition) is 1. The predicted molar refractivity (Wildman–Crippen MR) is 86.5 cm³/mol. The highest BCUT2D eigenvalue weighted by Crippen LogP contribution is 2.64. The molecular formula is C19H25ClO. The van der Waals surface area contributed by atoms with Gasteiger partial charge in [-0.3, -0.25) is 0 Å². The zero-order valence-electron chi connectivity index (χ0n) is 13.0. The van der Waals surface area contributed by atoms with Crippen LogP contribution >= 0.6 is 11.6 Å². The SMILES string of the molecule is Cc1cc(C(O)C23CC4CC(CC(C4)C2)C3)c(C)cc1Cl. The third-order valence-electron chi connectivity index (χ3n) is 6.51. The van der Waals surface area contributed by atoms with E-state index < -0.39 is 0 Å². The van der Waals surface area contributed by atoms with Gasteiger partial charge in [0, 0.05) is 10.4 Å². The number of halogens is 1. The fourth-order valence-electron chi connectivity index (χ4n) is 5.94. The van der Waals surface area contributed by atoms with Crippen LogP contribution in [0.4, 0.5) is 0 Å². The second kappa shape index (κ2) is 4.73. The molecule has 1 aromatic rings. The summed E-state index contributed by atoms with van der Waals surface area (Å²) >= 11 is 6.23. The highest BCUT2D eigenvalue weighted by Gasteiger charge is 2.54. The average molecular weight is 305 g/mol. The Hall–Kier alpha value is -0.530. The summed E-state index contributed by atoms with van der Waals surface area (Å²) in [4.78, 5) is 0. The molecule has 2 heteroatoms. The molecule has 4 saturated carbocycles. The summed E-state index contributed by atoms with van der Waals surface area (Å²) in [6.45, 7) is 4.13. The molecule has 1 unspecified atom stereocenters. The second-order valence-electron chi connectivity index (χ2n) is 8.14. The van der Waals surface area contributed by atoms with Crippen molar-refractivity contribution in [3.8, 4) is 0 Å². The Bertz CT molecular complexity index is 542. The quantitative estimate of drug-likeness (QED) is 0.795. The Morgan fingerprint density at radius 3 is 2.05 bits per heavy atom. The molecule has 4 aliphatic carbocycles. The summed E-state index contributed by atoms with van der Waals surface area (Å²) in [6.07, 6.45) is 7.67. The Balaban J connectivity index is 1.71. The molecule has 4 bridgehead atoms. The van der Waals surface area contributed by atoms with Crippen molar-refractivity contribution in [1.29, 1.82) is 0 Å². The lowest BCUT2D eigenvalue weighted by Gasteiger charge is -2.58. The van der Waals surface area contributed by atoms with E-state index in [1.807, 2.05) is 13.0 Å². The van der Waals surface area contributed by atoms with E-state index in [0.29, 0.717) is 0 Å². The van der Waals surface area contributed by atoms with Crippen molar-refractivity contribution >= 4 is 11.6 Å². The molecule has 1 atom stereocenters. The van der Waals surface area contributed by atoms with Crippen molar-refractivity contribution < 1.29 is 5.11 Å². The first-order chi connectivity index (χ1) is 9.97. The van der Waals surface area contributed by atoms with Crippen LogP contribution in [0, 0.1) is 37.0 Å². The average Bonchev–Trinajstić information content (AvgIpc) is 2.40. The fourth-order valence-corrected chi connectivity index (χ4v) is 6.16. The minimum Gasteiger partial charge on any atom is -0.388 e. The van der Waals surface area contributed by atoms with Crippen molar-refractivity contribution in [2.45, 2.75) is 58.5 Å². The van der Waals surface area contributed by atoms with Crippen LogP contribution in [0.5, 0.6) is 0 Å². The van der Waals surface area contributed by atoms with E-state index in [-0.39, 0.29) is 11.5 Å². The lowest BCUT2D eigenvalue weighted by molar-refractivity contribution is -0.122. The minimum absolute atomic E-state index is 0.153. The molecule has 0 aliphatic heterocycles. The lowest BCUT2D eigenvalue weighted by Crippen LogP contribution is -2.49. The molecule has 4 aliphatic rings. The molecule has 0 aromatic heterocycles. The van der Waals surface area contributed by atoms with E-state index in [2.05, 4.69) is 13.0 Å². The Morgan fingerprint density at radius 2 is 1.52 bits per heavy atom. The molecule has 5 rings (SSSR count). The van der Waals surface area contributed by atoms with Crippen LogP contribution in [0.15, 0.2) is 12.1 Å². The first-order valence-corrected chi connectivity index (χ1v) is 8.79. The van der Waals surface area contributed by atoms with Gasteiger partial charge in [-0.15, -0.1) is 0 Å². The van der Waals surface area contributed by atoms with Crippen LogP contribution < -0.4 is 0 Å². The third kappa shape index (κ3) is 2.16. The number of benzene rings is 1. The maximum Gasteiger partial charge on any atom is 0.0849 e. The van der Waals surface area contributed by atoms with Crippen molar-refractivity contribution in [1.82, 2.24) is 0 Å². The van der Waals surface area contributed by atoms with Gasteiger partial charge in [0.05, 0.1) is 6.10 Å². The zero-order valence-corrected chi connectivity index (χ0v) is 13.8. The van der Waals surface area contributed by atoms with Crippen LogP contribution in [0.1, 0.15) is 61.3 Å². The molecule has 1 N–H and O–H groups in total. The molecule has 114 valence electrons. The first kappa shape index (κ1) is 14.1. The van der Waals surface area contributed by atoms with Gasteiger partial charge in [-0.2, -0.15) is 0 Å². The largest absolute Gasteiger partial charge is 0.388 e. The van der Waals surface area contributed by atoms with E-state index in [1.165, 1.54) is 38.5 Å². The van der Waals surface area contributed by atoms with E-state index >= 15 is 0 Å². The number of aliphatic hydroxyl groups is 1. The molecule has 4 fully saturated rings. The molecule has 0 radical (unpaired) electrons. The van der Waals surface area contributed by atoms with Gasteiger partial charge in [0.1, 0.15) is 0 Å². The predicted octanol–water partition coefficient (Wildman–Crippen LogP) is 5.21. The maximum absolute atomic E-state index is 11.2. The van der Waals surface area contributed by atoms with Gasteiger partial charge in [-0.05, 0) is 92.9 Å². The van der Waals surface area contributed by atoms with Crippen molar-refractivity contribution in [3.05, 3.63) is 33.8 Å². The van der Waals surface area contributed by atoms with Gasteiger partial charge in [-0.1, -0.05) is 17.7 Å². The molecule has 0 amide bonds. The standard InChI is InChI=1S/C19H25ClO/c1-11-4-17(20)12(2)3-16(11)18(21)19-8-13-5-14(9-19)7-15(6-13)10-19/h3-4,13-15,18,21H,5-10H2,1-2H3. The van der Waals surface area contributed by atoms with Crippen LogP contribution in [-0.2, 0) is 0 Å². The Morgan fingerprint density at radius 1 is 1.00 bits per heavy atom. The first-order valence-electron chi connectivity index (χ1n) is 8.41. The van der Waals surface area contributed by atoms with Gasteiger partial charge in [0.2, 0.25) is 0 Å². The second-order valence-corrected chi connectivity index (χ2v) is 8.55. The molecule has 1 aromatic carbocycles. The number of aryl methyl sites for hydroxylation is 2. The summed E-state index contributed by atoms with van der Waals surface area (Å²) in [5.41, 5.74) is 3.51. The van der Waals surface area contributed by atoms with E-state index in [1.54, 1.807) is 0 Å². The van der Waals surface area contributed by atoms with Crippen LogP contribution in [0.2, 0.25) is 5.02 Å². The Labute approximate surface area is 132 Å². The molecule has 1 nitrogen and oxygen atoms in total. The topological polar surface area (TPSA) is 20.2 Å². The minimum atomic E-state index is -0.304. The van der Waals surface area contributed by atoms with E-state index in [9.17, 15) is 5.11 Å². The fraction of sp³-hybridized carbons (Fsp3) is 0.684. The zero-order chi connectivity index (χ0) is 14.8. The van der Waals surface area contributed by atoms with Crippen LogP contribution in [0.3, 0.4) is 0 Å². The molecule has 0 saturated heterocycles. The van der Waals surface area contributed by atoms with Crippen molar-refractivity contribution in [3.63, 3.8) is 0 Å². The summed E-state index contributed by atoms with van der Waals surface area (Å²) in [6, 6.07) is 4.15. The lowest BCUT2D eigenvalue weighted by atomic mass is 9.47. The Kier molecular flexibility index (Phi) is 3.17. The van der Waals surface area contributed by atoms with Crippen LogP contribution in [-0.4, -0.2) is 5.11 Å². The van der Waals surface area contributed by atoms with E-state index in [0.717, 1.165) is 39.5 Å². The van der Waals surface area contributed by atoms with E-state index in [4.69, 9.17) is 11.6 Å². The van der Waals surface area contributed by atoms with Crippen LogP contribution in [0.25, 0.3) is 0 Å². The number of rotatable bonds is 2. The number of aliphatic hydroxyl groups excluding tert-OH is 1. The summed E-state index contributed by atoms with van der Waals surface area (Å²) in [5, 5.41) is 12.1. The van der Waals surface area contributed by atoms with Gasteiger partial charge in [0.15, 0.2) is 0 Å². The van der Waals surface area contributed by atoms with Crippen molar-refractivity contribution in [2.75, 3.05) is 0 Å². The molecular weight excluding hydrogens is 280 g/mol. The summed E-state index contributed by atoms with van der Waals surface area (Å²) in [5.74, 6) is 2.62. The molecule has 0 heterocycles. The normalized spacial score (nSPS) is 38.8. The van der Waals surface area contributed by atoms with Gasteiger partial charge in [0.25, 0.3) is 0 Å². The number of hydrogen-bond acceptors (Lipinski definition) is 1. The maximum atomic E-state index is 11.2. The third-order valence-corrected chi connectivity index (χ3v) is 6.91. The van der Waals surface area contributed by atoms with Gasteiger partial charge in [-0.25, -0.2) is 0 Å². The monoisotopic (exact) mass is 304 g/mol. The summed E-state index contributed by atoms with van der Waals surface area (Å²) < 4.78 is 0.